The largest absolute Gasteiger partial charge is 0.389 e. The van der Waals surface area contributed by atoms with Gasteiger partial charge in [0.15, 0.2) is 0 Å². The molecule has 1 heterocycles. The van der Waals surface area contributed by atoms with E-state index in [1.807, 2.05) is 19.2 Å². The van der Waals surface area contributed by atoms with Crippen molar-refractivity contribution in [3.63, 3.8) is 0 Å². The van der Waals surface area contributed by atoms with Gasteiger partial charge in [0.05, 0.1) is 0 Å². The van der Waals surface area contributed by atoms with Crippen molar-refractivity contribution in [2.75, 3.05) is 18.5 Å². The van der Waals surface area contributed by atoms with Crippen molar-refractivity contribution < 1.29 is 0 Å². The molecule has 0 radical (unpaired) electrons. The Morgan fingerprint density at radius 3 is 2.60 bits per heavy atom. The third-order valence-corrected chi connectivity index (χ3v) is 2.30. The lowest BCUT2D eigenvalue weighted by atomic mass is 10.2. The highest BCUT2D eigenvalue weighted by Gasteiger charge is 2.05. The minimum absolute atomic E-state index is 0.389. The van der Waals surface area contributed by atoms with E-state index in [0.29, 0.717) is 10.9 Å². The van der Waals surface area contributed by atoms with E-state index in [4.69, 9.17) is 18.0 Å². The number of hydrogen-bond acceptors (Lipinski definition) is 3. The first-order chi connectivity index (χ1) is 7.00. The fourth-order valence-electron chi connectivity index (χ4n) is 1.40. The van der Waals surface area contributed by atoms with Crippen LogP contribution in [0.2, 0.25) is 0 Å². The highest BCUT2D eigenvalue weighted by Crippen LogP contribution is 2.11. The Morgan fingerprint density at radius 2 is 2.20 bits per heavy atom. The summed E-state index contributed by atoms with van der Waals surface area (Å²) in [5.41, 5.74) is 6.31. The Labute approximate surface area is 96.3 Å². The zero-order valence-electron chi connectivity index (χ0n) is 9.40. The van der Waals surface area contributed by atoms with Crippen LogP contribution in [0, 0.1) is 5.92 Å². The molecular weight excluding hydrogens is 206 g/mol. The minimum atomic E-state index is 0.389. The van der Waals surface area contributed by atoms with Crippen molar-refractivity contribution in [2.45, 2.75) is 13.8 Å². The zero-order chi connectivity index (χ0) is 11.4. The van der Waals surface area contributed by atoms with Crippen LogP contribution in [0.15, 0.2) is 18.3 Å². The van der Waals surface area contributed by atoms with E-state index in [-0.39, 0.29) is 0 Å². The van der Waals surface area contributed by atoms with Crippen LogP contribution in [-0.2, 0) is 0 Å². The summed E-state index contributed by atoms with van der Waals surface area (Å²) in [4.78, 5) is 6.82. The summed E-state index contributed by atoms with van der Waals surface area (Å²) in [5.74, 6) is 1.57. The van der Waals surface area contributed by atoms with Gasteiger partial charge in [-0.25, -0.2) is 4.98 Å². The average Bonchev–Trinajstić information content (AvgIpc) is 2.17. The van der Waals surface area contributed by atoms with Crippen LogP contribution in [0.4, 0.5) is 5.82 Å². The molecular formula is C11H17N3S. The third-order valence-electron chi connectivity index (χ3n) is 2.06. The smallest absolute Gasteiger partial charge is 0.128 e. The predicted octanol–water partition coefficient (Wildman–Crippen LogP) is 1.81. The molecule has 1 aromatic heterocycles. The van der Waals surface area contributed by atoms with E-state index in [1.165, 1.54) is 0 Å². The van der Waals surface area contributed by atoms with Gasteiger partial charge in [-0.1, -0.05) is 26.1 Å². The van der Waals surface area contributed by atoms with Gasteiger partial charge in [-0.3, -0.25) is 0 Å². The van der Waals surface area contributed by atoms with Gasteiger partial charge in [0.2, 0.25) is 0 Å². The minimum Gasteiger partial charge on any atom is -0.389 e. The van der Waals surface area contributed by atoms with Crippen molar-refractivity contribution in [3.8, 4) is 0 Å². The number of aromatic nitrogens is 1. The lowest BCUT2D eigenvalue weighted by Crippen LogP contribution is -2.23. The maximum atomic E-state index is 5.50. The van der Waals surface area contributed by atoms with Crippen molar-refractivity contribution in [2.24, 2.45) is 11.7 Å². The third kappa shape index (κ3) is 3.47. The Bertz CT molecular complexity index is 332. The van der Waals surface area contributed by atoms with E-state index in [2.05, 4.69) is 23.7 Å². The fraction of sp³-hybridized carbons (Fsp3) is 0.455. The Hall–Kier alpha value is -1.16. The van der Waals surface area contributed by atoms with Gasteiger partial charge in [-0.2, -0.15) is 0 Å². The molecule has 0 fully saturated rings. The number of hydrogen-bond donors (Lipinski definition) is 1. The molecule has 2 N–H and O–H groups in total. The zero-order valence-corrected chi connectivity index (χ0v) is 10.2. The molecule has 0 aliphatic heterocycles. The van der Waals surface area contributed by atoms with Crippen molar-refractivity contribution in [1.29, 1.82) is 0 Å². The van der Waals surface area contributed by atoms with Crippen molar-refractivity contribution >= 4 is 23.0 Å². The highest BCUT2D eigenvalue weighted by molar-refractivity contribution is 7.80. The van der Waals surface area contributed by atoms with E-state index >= 15 is 0 Å². The van der Waals surface area contributed by atoms with Gasteiger partial charge >= 0.3 is 0 Å². The lowest BCUT2D eigenvalue weighted by Gasteiger charge is -2.20. The number of nitrogens with zero attached hydrogens (tertiary/aromatic N) is 2. The van der Waals surface area contributed by atoms with Crippen LogP contribution >= 0.6 is 12.2 Å². The molecule has 3 nitrogen and oxygen atoms in total. The first-order valence-electron chi connectivity index (χ1n) is 4.97. The van der Waals surface area contributed by atoms with Crippen LogP contribution in [0.25, 0.3) is 0 Å². The summed E-state index contributed by atoms with van der Waals surface area (Å²) in [5, 5.41) is 0. The molecule has 0 unspecified atom stereocenters. The second-order valence-electron chi connectivity index (χ2n) is 4.04. The first-order valence-corrected chi connectivity index (χ1v) is 5.38. The second kappa shape index (κ2) is 5.07. The molecule has 0 aromatic carbocycles. The van der Waals surface area contributed by atoms with Crippen molar-refractivity contribution in [3.05, 3.63) is 23.9 Å². The predicted molar refractivity (Wildman–Crippen MR) is 68.2 cm³/mol. The molecule has 0 aliphatic carbocycles. The summed E-state index contributed by atoms with van der Waals surface area (Å²) in [7, 11) is 2.03. The highest BCUT2D eigenvalue weighted by atomic mass is 32.1. The molecule has 1 aromatic rings. The topological polar surface area (TPSA) is 42.1 Å². The fourth-order valence-corrected chi connectivity index (χ4v) is 1.52. The second-order valence-corrected chi connectivity index (χ2v) is 4.48. The Kier molecular flexibility index (Phi) is 4.03. The van der Waals surface area contributed by atoms with Gasteiger partial charge < -0.3 is 10.6 Å². The molecule has 0 bridgehead atoms. The normalized spacial score (nSPS) is 10.4. The van der Waals surface area contributed by atoms with Crippen LogP contribution in [0.5, 0.6) is 0 Å². The van der Waals surface area contributed by atoms with E-state index in [0.717, 1.165) is 17.9 Å². The van der Waals surface area contributed by atoms with Crippen LogP contribution in [-0.4, -0.2) is 23.6 Å². The summed E-state index contributed by atoms with van der Waals surface area (Å²) in [6, 6.07) is 3.85. The monoisotopic (exact) mass is 223 g/mol. The molecule has 0 aliphatic rings. The van der Waals surface area contributed by atoms with Gasteiger partial charge in [0.25, 0.3) is 0 Å². The van der Waals surface area contributed by atoms with Gasteiger partial charge in [-0.05, 0) is 18.1 Å². The molecule has 1 rings (SSSR count). The summed E-state index contributed by atoms with van der Waals surface area (Å²) < 4.78 is 0. The maximum Gasteiger partial charge on any atom is 0.128 e. The Balaban J connectivity index is 2.75. The molecule has 15 heavy (non-hydrogen) atoms. The molecule has 0 saturated carbocycles. The van der Waals surface area contributed by atoms with Crippen LogP contribution in [0.3, 0.4) is 0 Å². The number of anilines is 1. The van der Waals surface area contributed by atoms with Crippen molar-refractivity contribution in [1.82, 2.24) is 4.98 Å². The van der Waals surface area contributed by atoms with E-state index < -0.39 is 0 Å². The standard InChI is InChI=1S/C11H17N3S/c1-8(2)7-14(3)10-5-4-9(6-13-10)11(12)15/h4-6,8H,7H2,1-3H3,(H2,12,15). The summed E-state index contributed by atoms with van der Waals surface area (Å²) in [6.07, 6.45) is 1.72. The van der Waals surface area contributed by atoms with Gasteiger partial charge in [0, 0.05) is 25.4 Å². The maximum absolute atomic E-state index is 5.50. The average molecular weight is 223 g/mol. The SMILES string of the molecule is CC(C)CN(C)c1ccc(C(N)=S)cn1. The molecule has 82 valence electrons. The lowest BCUT2D eigenvalue weighted by molar-refractivity contribution is 0.634. The van der Waals surface area contributed by atoms with E-state index in [1.54, 1.807) is 6.20 Å². The molecule has 0 saturated heterocycles. The van der Waals surface area contributed by atoms with Gasteiger partial charge in [0.1, 0.15) is 10.8 Å². The number of thiocarbonyl (C=S) groups is 1. The summed E-state index contributed by atoms with van der Waals surface area (Å²) in [6.45, 7) is 5.35. The molecule has 0 atom stereocenters. The van der Waals surface area contributed by atoms with Crippen LogP contribution < -0.4 is 10.6 Å². The van der Waals surface area contributed by atoms with Crippen LogP contribution in [0.1, 0.15) is 19.4 Å². The molecule has 0 amide bonds. The molecule has 0 spiro atoms. The Morgan fingerprint density at radius 1 is 1.53 bits per heavy atom. The van der Waals surface area contributed by atoms with E-state index in [9.17, 15) is 0 Å². The number of nitrogens with two attached hydrogens (primary N) is 1. The molecule has 4 heteroatoms. The first kappa shape index (κ1) is 11.9. The number of pyridine rings is 1. The summed E-state index contributed by atoms with van der Waals surface area (Å²) >= 11 is 4.87. The number of rotatable bonds is 4. The van der Waals surface area contributed by atoms with Gasteiger partial charge in [-0.15, -0.1) is 0 Å². The quantitative estimate of drug-likeness (QED) is 0.790.